The monoisotopic (exact) mass is 250 g/mol. The molecule has 0 radical (unpaired) electrons. The average Bonchev–Trinajstić information content (AvgIpc) is 2.29. The highest BCUT2D eigenvalue weighted by atomic mass is 35.5. The van der Waals surface area contributed by atoms with Crippen molar-refractivity contribution in [3.8, 4) is 6.07 Å². The molecule has 0 saturated heterocycles. The quantitative estimate of drug-likeness (QED) is 0.806. The molecule has 0 aliphatic carbocycles. The summed E-state index contributed by atoms with van der Waals surface area (Å²) in [5.74, 6) is -0.960. The first kappa shape index (κ1) is 13.1. The van der Waals surface area contributed by atoms with Gasteiger partial charge in [0.25, 0.3) is 0 Å². The number of rotatable bonds is 4. The van der Waals surface area contributed by atoms with Gasteiger partial charge in [0, 0.05) is 17.1 Å². The highest BCUT2D eigenvalue weighted by Gasteiger charge is 2.02. The molecule has 0 bridgehead atoms. The van der Waals surface area contributed by atoms with Crippen LogP contribution in [-0.2, 0) is 4.79 Å². The van der Waals surface area contributed by atoms with Crippen LogP contribution in [0.1, 0.15) is 12.5 Å². The van der Waals surface area contributed by atoms with Gasteiger partial charge in [0.2, 0.25) is 0 Å². The minimum atomic E-state index is -0.960. The molecular formula is C12H11ClN2O2. The molecule has 88 valence electrons. The Morgan fingerprint density at radius 3 is 2.94 bits per heavy atom. The number of halogens is 1. The molecule has 0 spiro atoms. The zero-order valence-corrected chi connectivity index (χ0v) is 9.95. The number of carbonyl (C=O) groups is 1. The van der Waals surface area contributed by atoms with Gasteiger partial charge in [-0.1, -0.05) is 17.7 Å². The molecule has 0 atom stereocenters. The number of anilines is 1. The van der Waals surface area contributed by atoms with E-state index in [4.69, 9.17) is 22.0 Å². The number of hydrogen-bond donors (Lipinski definition) is 2. The van der Waals surface area contributed by atoms with Crippen LogP contribution in [0.4, 0.5) is 5.69 Å². The first-order valence-electron chi connectivity index (χ1n) is 4.88. The molecule has 17 heavy (non-hydrogen) atoms. The van der Waals surface area contributed by atoms with Crippen LogP contribution >= 0.6 is 11.6 Å². The molecule has 2 N–H and O–H groups in total. The number of nitrogens with zero attached hydrogens (tertiary/aromatic N) is 1. The van der Waals surface area contributed by atoms with Crippen molar-refractivity contribution >= 4 is 23.3 Å². The normalized spacial score (nSPS) is 10.8. The Kier molecular flexibility index (Phi) is 4.56. The Morgan fingerprint density at radius 2 is 2.35 bits per heavy atom. The van der Waals surface area contributed by atoms with Gasteiger partial charge < -0.3 is 10.4 Å². The number of nitrogens with one attached hydrogen (secondary N) is 1. The number of hydrogen-bond acceptors (Lipinski definition) is 3. The fourth-order valence-corrected chi connectivity index (χ4v) is 1.33. The lowest BCUT2D eigenvalue weighted by Gasteiger charge is -2.06. The lowest BCUT2D eigenvalue weighted by molar-refractivity contribution is -0.132. The molecule has 0 saturated carbocycles. The molecule has 0 aromatic heterocycles. The fourth-order valence-electron chi connectivity index (χ4n) is 1.16. The van der Waals surface area contributed by atoms with Crippen LogP contribution < -0.4 is 5.32 Å². The van der Waals surface area contributed by atoms with E-state index in [1.54, 1.807) is 18.2 Å². The number of nitriles is 1. The molecule has 0 aliphatic heterocycles. The Morgan fingerprint density at radius 1 is 1.65 bits per heavy atom. The van der Waals surface area contributed by atoms with Crippen molar-refractivity contribution in [3.05, 3.63) is 40.4 Å². The maximum absolute atomic E-state index is 10.5. The summed E-state index contributed by atoms with van der Waals surface area (Å²) in [6, 6.07) is 6.89. The first-order chi connectivity index (χ1) is 8.04. The molecule has 1 rings (SSSR count). The summed E-state index contributed by atoms with van der Waals surface area (Å²) in [6.07, 6.45) is 1.53. The van der Waals surface area contributed by atoms with E-state index in [2.05, 4.69) is 5.32 Å². The van der Waals surface area contributed by atoms with Crippen LogP contribution in [0, 0.1) is 11.3 Å². The molecule has 0 fully saturated rings. The SMILES string of the molecule is C/C(=C/CNc1cc(Cl)ccc1C#N)C(=O)O. The predicted octanol–water partition coefficient (Wildman–Crippen LogP) is 2.65. The molecule has 1 aromatic carbocycles. The average molecular weight is 251 g/mol. The van der Waals surface area contributed by atoms with Gasteiger partial charge in [-0.3, -0.25) is 0 Å². The van der Waals surface area contributed by atoms with Crippen molar-refractivity contribution in [1.29, 1.82) is 5.26 Å². The van der Waals surface area contributed by atoms with Gasteiger partial charge in [0.15, 0.2) is 0 Å². The topological polar surface area (TPSA) is 73.1 Å². The summed E-state index contributed by atoms with van der Waals surface area (Å²) >= 11 is 5.81. The summed E-state index contributed by atoms with van der Waals surface area (Å²) < 4.78 is 0. The number of aliphatic carboxylic acids is 1. The third-order valence-electron chi connectivity index (χ3n) is 2.14. The van der Waals surface area contributed by atoms with Crippen molar-refractivity contribution in [1.82, 2.24) is 0 Å². The molecule has 4 nitrogen and oxygen atoms in total. The van der Waals surface area contributed by atoms with E-state index in [1.807, 2.05) is 6.07 Å². The van der Waals surface area contributed by atoms with Crippen molar-refractivity contribution in [3.63, 3.8) is 0 Å². The Labute approximate surface area is 104 Å². The summed E-state index contributed by atoms with van der Waals surface area (Å²) in [4.78, 5) is 10.5. The largest absolute Gasteiger partial charge is 0.478 e. The second-order valence-electron chi connectivity index (χ2n) is 3.37. The Hall–Kier alpha value is -1.99. The van der Waals surface area contributed by atoms with Gasteiger partial charge in [0.05, 0.1) is 11.3 Å². The Balaban J connectivity index is 2.76. The third kappa shape index (κ3) is 3.82. The predicted molar refractivity (Wildman–Crippen MR) is 66.0 cm³/mol. The first-order valence-corrected chi connectivity index (χ1v) is 5.26. The zero-order chi connectivity index (χ0) is 12.8. The van der Waals surface area contributed by atoms with Crippen molar-refractivity contribution in [2.75, 3.05) is 11.9 Å². The molecule has 0 aliphatic rings. The number of carboxylic acids is 1. The third-order valence-corrected chi connectivity index (χ3v) is 2.38. The van der Waals surface area contributed by atoms with Crippen LogP contribution in [0.25, 0.3) is 0 Å². The van der Waals surface area contributed by atoms with Gasteiger partial charge in [-0.2, -0.15) is 5.26 Å². The lowest BCUT2D eigenvalue weighted by atomic mass is 10.2. The molecular weight excluding hydrogens is 240 g/mol. The zero-order valence-electron chi connectivity index (χ0n) is 9.20. The smallest absolute Gasteiger partial charge is 0.331 e. The summed E-state index contributed by atoms with van der Waals surface area (Å²) in [5, 5.41) is 21.0. The second-order valence-corrected chi connectivity index (χ2v) is 3.81. The van der Waals surface area contributed by atoms with E-state index in [0.717, 1.165) is 0 Å². The van der Waals surface area contributed by atoms with E-state index < -0.39 is 5.97 Å². The van der Waals surface area contributed by atoms with Gasteiger partial charge in [-0.05, 0) is 25.1 Å². The minimum absolute atomic E-state index is 0.248. The van der Waals surface area contributed by atoms with Gasteiger partial charge in [-0.15, -0.1) is 0 Å². The van der Waals surface area contributed by atoms with Crippen molar-refractivity contribution in [2.45, 2.75) is 6.92 Å². The Bertz CT molecular complexity index is 504. The van der Waals surface area contributed by atoms with Crippen LogP contribution in [-0.4, -0.2) is 17.6 Å². The molecule has 0 unspecified atom stereocenters. The van der Waals surface area contributed by atoms with E-state index in [0.29, 0.717) is 22.8 Å². The molecule has 0 heterocycles. The van der Waals surface area contributed by atoms with Crippen LogP contribution in [0.15, 0.2) is 29.8 Å². The number of carboxylic acid groups (broad SMARTS) is 1. The summed E-state index contributed by atoms with van der Waals surface area (Å²) in [5.41, 5.74) is 1.31. The van der Waals surface area contributed by atoms with E-state index in [9.17, 15) is 4.79 Å². The van der Waals surface area contributed by atoms with Crippen LogP contribution in [0.5, 0.6) is 0 Å². The lowest BCUT2D eigenvalue weighted by Crippen LogP contribution is -2.04. The number of benzene rings is 1. The highest BCUT2D eigenvalue weighted by molar-refractivity contribution is 6.30. The second kappa shape index (κ2) is 5.92. The van der Waals surface area contributed by atoms with E-state index in [1.165, 1.54) is 13.0 Å². The highest BCUT2D eigenvalue weighted by Crippen LogP contribution is 2.20. The molecule has 0 amide bonds. The van der Waals surface area contributed by atoms with Gasteiger partial charge in [0.1, 0.15) is 6.07 Å². The van der Waals surface area contributed by atoms with Crippen LogP contribution in [0.2, 0.25) is 5.02 Å². The van der Waals surface area contributed by atoms with Crippen molar-refractivity contribution < 1.29 is 9.90 Å². The molecule has 1 aromatic rings. The molecule has 5 heteroatoms. The van der Waals surface area contributed by atoms with Gasteiger partial charge >= 0.3 is 5.97 Å². The van der Waals surface area contributed by atoms with Crippen LogP contribution in [0.3, 0.4) is 0 Å². The maximum Gasteiger partial charge on any atom is 0.331 e. The van der Waals surface area contributed by atoms with E-state index in [-0.39, 0.29) is 5.57 Å². The summed E-state index contributed by atoms with van der Waals surface area (Å²) in [7, 11) is 0. The fraction of sp³-hybridized carbons (Fsp3) is 0.167. The standard InChI is InChI=1S/C12H11ClN2O2/c1-8(12(16)17)4-5-15-11-6-10(13)3-2-9(11)7-14/h2-4,6,15H,5H2,1H3,(H,16,17)/b8-4-. The minimum Gasteiger partial charge on any atom is -0.478 e. The summed E-state index contributed by atoms with van der Waals surface area (Å²) in [6.45, 7) is 1.83. The van der Waals surface area contributed by atoms with E-state index >= 15 is 0 Å². The van der Waals surface area contributed by atoms with Gasteiger partial charge in [-0.25, -0.2) is 4.79 Å². The van der Waals surface area contributed by atoms with Crippen molar-refractivity contribution in [2.24, 2.45) is 0 Å². The maximum atomic E-state index is 10.5.